The number of ketones is 1. The van der Waals surface area contributed by atoms with Gasteiger partial charge in [-0.25, -0.2) is 4.68 Å². The summed E-state index contributed by atoms with van der Waals surface area (Å²) in [4.78, 5) is 12.0. The average Bonchev–Trinajstić information content (AvgIpc) is 2.67. The summed E-state index contributed by atoms with van der Waals surface area (Å²) in [5.41, 5.74) is 6.88. The summed E-state index contributed by atoms with van der Waals surface area (Å²) in [6.07, 6.45) is 1.41. The Bertz CT molecular complexity index is 550. The number of halogens is 1. The molecule has 0 aliphatic heterocycles. The van der Waals surface area contributed by atoms with Crippen LogP contribution in [0.25, 0.3) is 0 Å². The third-order valence-electron chi connectivity index (χ3n) is 2.21. The quantitative estimate of drug-likeness (QED) is 0.630. The van der Waals surface area contributed by atoms with Gasteiger partial charge in [0.2, 0.25) is 5.78 Å². The van der Waals surface area contributed by atoms with Crippen molar-refractivity contribution in [3.8, 4) is 0 Å². The Labute approximate surface area is 96.8 Å². The van der Waals surface area contributed by atoms with E-state index >= 15 is 0 Å². The molecule has 2 N–H and O–H groups in total. The second kappa shape index (κ2) is 3.94. The summed E-state index contributed by atoms with van der Waals surface area (Å²) >= 11 is 5.84. The Balaban J connectivity index is 2.42. The molecule has 0 fully saturated rings. The van der Waals surface area contributed by atoms with E-state index in [1.54, 1.807) is 19.2 Å². The second-order valence-corrected chi connectivity index (χ2v) is 3.72. The number of aromatic nitrogens is 3. The molecule has 0 saturated heterocycles. The molecule has 0 unspecified atom stereocenters. The Morgan fingerprint density at radius 1 is 1.50 bits per heavy atom. The number of anilines is 1. The van der Waals surface area contributed by atoms with E-state index in [1.165, 1.54) is 16.9 Å². The molecule has 16 heavy (non-hydrogen) atoms. The van der Waals surface area contributed by atoms with Gasteiger partial charge in [0.25, 0.3) is 0 Å². The average molecular weight is 237 g/mol. The number of hydrogen-bond acceptors (Lipinski definition) is 4. The molecule has 6 heteroatoms. The van der Waals surface area contributed by atoms with Gasteiger partial charge >= 0.3 is 0 Å². The molecule has 0 aliphatic carbocycles. The highest BCUT2D eigenvalue weighted by molar-refractivity contribution is 6.33. The Morgan fingerprint density at radius 2 is 2.25 bits per heavy atom. The van der Waals surface area contributed by atoms with Crippen molar-refractivity contribution in [2.24, 2.45) is 7.05 Å². The minimum absolute atomic E-state index is 0.186. The molecule has 1 heterocycles. The standard InChI is InChI=1S/C10H9ClN4O/c1-15-9(5-13-14-15)10(16)6-2-3-8(12)7(11)4-6/h2-5H,12H2,1H3. The first-order valence-corrected chi connectivity index (χ1v) is 4.92. The van der Waals surface area contributed by atoms with Gasteiger partial charge in [0.05, 0.1) is 16.9 Å². The second-order valence-electron chi connectivity index (χ2n) is 3.31. The van der Waals surface area contributed by atoms with E-state index in [4.69, 9.17) is 17.3 Å². The highest BCUT2D eigenvalue weighted by Gasteiger charge is 2.14. The zero-order chi connectivity index (χ0) is 11.7. The monoisotopic (exact) mass is 236 g/mol. The maximum absolute atomic E-state index is 12.0. The predicted molar refractivity (Wildman–Crippen MR) is 60.3 cm³/mol. The van der Waals surface area contributed by atoms with Gasteiger partial charge in [0.15, 0.2) is 0 Å². The fourth-order valence-electron chi connectivity index (χ4n) is 1.31. The van der Waals surface area contributed by atoms with Gasteiger partial charge < -0.3 is 5.73 Å². The molecule has 0 aliphatic rings. The summed E-state index contributed by atoms with van der Waals surface area (Å²) in [6, 6.07) is 4.75. The fraction of sp³-hybridized carbons (Fsp3) is 0.100. The van der Waals surface area contributed by atoms with Crippen molar-refractivity contribution in [3.05, 3.63) is 40.7 Å². The van der Waals surface area contributed by atoms with E-state index in [9.17, 15) is 4.79 Å². The topological polar surface area (TPSA) is 73.8 Å². The van der Waals surface area contributed by atoms with Crippen molar-refractivity contribution < 1.29 is 4.79 Å². The van der Waals surface area contributed by atoms with Crippen molar-refractivity contribution in [3.63, 3.8) is 0 Å². The Morgan fingerprint density at radius 3 is 2.81 bits per heavy atom. The molecule has 0 atom stereocenters. The molecule has 5 nitrogen and oxygen atoms in total. The van der Waals surface area contributed by atoms with Crippen LogP contribution in [0.15, 0.2) is 24.4 Å². The minimum atomic E-state index is -0.186. The first-order valence-electron chi connectivity index (χ1n) is 4.54. The molecule has 0 radical (unpaired) electrons. The van der Waals surface area contributed by atoms with E-state index in [0.29, 0.717) is 22.0 Å². The number of nitrogens with two attached hydrogens (primary N) is 1. The number of rotatable bonds is 2. The Kier molecular flexibility index (Phi) is 2.62. The van der Waals surface area contributed by atoms with Crippen molar-refractivity contribution in [1.29, 1.82) is 0 Å². The molecule has 1 aromatic heterocycles. The Hall–Kier alpha value is -1.88. The van der Waals surface area contributed by atoms with Gasteiger partial charge in [0, 0.05) is 12.6 Å². The first kappa shape index (κ1) is 10.6. The van der Waals surface area contributed by atoms with E-state index < -0.39 is 0 Å². The number of hydrogen-bond donors (Lipinski definition) is 1. The number of carbonyl (C=O) groups excluding carboxylic acids is 1. The van der Waals surface area contributed by atoms with Crippen LogP contribution in [0.1, 0.15) is 16.1 Å². The molecular weight excluding hydrogens is 228 g/mol. The molecule has 0 spiro atoms. The smallest absolute Gasteiger partial charge is 0.212 e. The molecule has 0 bridgehead atoms. The maximum atomic E-state index is 12.0. The lowest BCUT2D eigenvalue weighted by Crippen LogP contribution is -2.08. The molecule has 1 aromatic carbocycles. The van der Waals surface area contributed by atoms with Crippen molar-refractivity contribution in [1.82, 2.24) is 15.0 Å². The van der Waals surface area contributed by atoms with Gasteiger partial charge in [0.1, 0.15) is 5.69 Å². The van der Waals surface area contributed by atoms with Crippen molar-refractivity contribution in [2.75, 3.05) is 5.73 Å². The summed E-state index contributed by atoms with van der Waals surface area (Å²) in [5.74, 6) is -0.186. The zero-order valence-corrected chi connectivity index (χ0v) is 9.27. The molecule has 2 rings (SSSR count). The van der Waals surface area contributed by atoms with Gasteiger partial charge in [-0.15, -0.1) is 5.10 Å². The van der Waals surface area contributed by atoms with Gasteiger partial charge in [-0.2, -0.15) is 0 Å². The van der Waals surface area contributed by atoms with E-state index in [-0.39, 0.29) is 5.78 Å². The SMILES string of the molecule is Cn1nncc1C(=O)c1ccc(N)c(Cl)c1. The van der Waals surface area contributed by atoms with Crippen molar-refractivity contribution >= 4 is 23.1 Å². The predicted octanol–water partition coefficient (Wildman–Crippen LogP) is 1.28. The number of nitrogen functional groups attached to an aromatic ring is 1. The van der Waals surface area contributed by atoms with E-state index in [2.05, 4.69) is 10.3 Å². The lowest BCUT2D eigenvalue weighted by atomic mass is 10.1. The molecule has 0 amide bonds. The highest BCUT2D eigenvalue weighted by atomic mass is 35.5. The summed E-state index contributed by atoms with van der Waals surface area (Å²) in [5, 5.41) is 7.70. The lowest BCUT2D eigenvalue weighted by molar-refractivity contribution is 0.103. The van der Waals surface area contributed by atoms with Gasteiger partial charge in [-0.05, 0) is 18.2 Å². The van der Waals surface area contributed by atoms with Crippen LogP contribution >= 0.6 is 11.6 Å². The zero-order valence-electron chi connectivity index (χ0n) is 8.51. The summed E-state index contributed by atoms with van der Waals surface area (Å²) < 4.78 is 1.41. The third-order valence-corrected chi connectivity index (χ3v) is 2.54. The normalized spacial score (nSPS) is 10.4. The van der Waals surface area contributed by atoms with Gasteiger partial charge in [-0.1, -0.05) is 16.8 Å². The molecule has 82 valence electrons. The highest BCUT2D eigenvalue weighted by Crippen LogP contribution is 2.21. The van der Waals surface area contributed by atoms with Crippen LogP contribution in [0.5, 0.6) is 0 Å². The van der Waals surface area contributed by atoms with Crippen LogP contribution in [-0.4, -0.2) is 20.8 Å². The fourth-order valence-corrected chi connectivity index (χ4v) is 1.49. The lowest BCUT2D eigenvalue weighted by Gasteiger charge is -2.02. The molecule has 0 saturated carbocycles. The first-order chi connectivity index (χ1) is 7.59. The van der Waals surface area contributed by atoms with Gasteiger partial charge in [-0.3, -0.25) is 4.79 Å². The minimum Gasteiger partial charge on any atom is -0.398 e. The van der Waals surface area contributed by atoms with E-state index in [0.717, 1.165) is 0 Å². The van der Waals surface area contributed by atoms with Crippen molar-refractivity contribution in [2.45, 2.75) is 0 Å². The molecular formula is C10H9ClN4O. The number of benzene rings is 1. The van der Waals surface area contributed by atoms with Crippen LogP contribution in [0.3, 0.4) is 0 Å². The molecule has 2 aromatic rings. The van der Waals surface area contributed by atoms with Crippen LogP contribution in [0.4, 0.5) is 5.69 Å². The summed E-state index contributed by atoms with van der Waals surface area (Å²) in [6.45, 7) is 0. The third kappa shape index (κ3) is 1.77. The van der Waals surface area contributed by atoms with Crippen LogP contribution in [0, 0.1) is 0 Å². The van der Waals surface area contributed by atoms with E-state index in [1.807, 2.05) is 0 Å². The maximum Gasteiger partial charge on any atom is 0.212 e. The van der Waals surface area contributed by atoms with Crippen LogP contribution < -0.4 is 5.73 Å². The number of nitrogens with zero attached hydrogens (tertiary/aromatic N) is 3. The van der Waals surface area contributed by atoms with Crippen LogP contribution in [0.2, 0.25) is 5.02 Å². The van der Waals surface area contributed by atoms with Crippen LogP contribution in [-0.2, 0) is 7.05 Å². The summed E-state index contributed by atoms with van der Waals surface area (Å²) in [7, 11) is 1.65. The largest absolute Gasteiger partial charge is 0.398 e. The number of aryl methyl sites for hydroxylation is 1. The number of carbonyl (C=O) groups is 1.